The van der Waals surface area contributed by atoms with Gasteiger partial charge < -0.3 is 15.3 Å². The van der Waals surface area contributed by atoms with Gasteiger partial charge in [0.15, 0.2) is 0 Å². The minimum absolute atomic E-state index is 0.0609. The maximum Gasteiger partial charge on any atom is 0.317 e. The third-order valence-corrected chi connectivity index (χ3v) is 4.87. The molecule has 1 fully saturated rings. The molecule has 0 unspecified atom stereocenters. The van der Waals surface area contributed by atoms with Gasteiger partial charge in [0.05, 0.1) is 17.3 Å². The number of rotatable bonds is 5. The lowest BCUT2D eigenvalue weighted by molar-refractivity contribution is 0.00985. The number of nitrogens with one attached hydrogen (secondary N) is 1. The summed E-state index contributed by atoms with van der Waals surface area (Å²) < 4.78 is 1.90. The zero-order chi connectivity index (χ0) is 17.2. The van der Waals surface area contributed by atoms with Gasteiger partial charge in [0.2, 0.25) is 0 Å². The first-order chi connectivity index (χ1) is 10.7. The van der Waals surface area contributed by atoms with Crippen molar-refractivity contribution in [1.82, 2.24) is 20.0 Å². The Morgan fingerprint density at radius 3 is 2.70 bits per heavy atom. The molecule has 0 saturated carbocycles. The summed E-state index contributed by atoms with van der Waals surface area (Å²) in [6.45, 7) is 9.02. The zero-order valence-corrected chi connectivity index (χ0v) is 15.0. The first kappa shape index (κ1) is 17.8. The van der Waals surface area contributed by atoms with Gasteiger partial charge in [-0.05, 0) is 58.9 Å². The van der Waals surface area contributed by atoms with Crippen molar-refractivity contribution in [2.45, 2.75) is 65.0 Å². The Morgan fingerprint density at radius 2 is 2.13 bits per heavy atom. The van der Waals surface area contributed by atoms with Crippen LogP contribution in [0.15, 0.2) is 0 Å². The summed E-state index contributed by atoms with van der Waals surface area (Å²) in [5, 5.41) is 17.6. The van der Waals surface area contributed by atoms with Gasteiger partial charge in [-0.2, -0.15) is 5.10 Å². The molecule has 0 spiro atoms. The Hall–Kier alpha value is -1.56. The molecule has 2 heterocycles. The summed E-state index contributed by atoms with van der Waals surface area (Å²) in [7, 11) is 1.96. The van der Waals surface area contributed by atoms with Gasteiger partial charge in [-0.15, -0.1) is 0 Å². The number of carbonyl (C=O) groups is 1. The normalized spacial score (nSPS) is 18.5. The summed E-state index contributed by atoms with van der Waals surface area (Å²) in [4.78, 5) is 14.1. The summed E-state index contributed by atoms with van der Waals surface area (Å²) in [6.07, 6.45) is 3.63. The van der Waals surface area contributed by atoms with E-state index in [1.165, 1.54) is 11.3 Å². The molecule has 0 aromatic carbocycles. The standard InChI is InChI=1S/C17H30N4O2/c1-12-14(13(2)20(5)19-12)8-6-10-18-16(22)21-11-7-9-15(21)17(3,4)23/h15,23H,6-11H2,1-5H3,(H,18,22)/t15-/m1/s1. The number of amides is 2. The predicted octanol–water partition coefficient (Wildman–Crippen LogP) is 1.91. The number of aliphatic hydroxyl groups is 1. The Kier molecular flexibility index (Phi) is 5.34. The van der Waals surface area contributed by atoms with Gasteiger partial charge in [0, 0.05) is 25.8 Å². The second-order valence-electron chi connectivity index (χ2n) is 7.11. The number of nitrogens with zero attached hydrogens (tertiary/aromatic N) is 3. The quantitative estimate of drug-likeness (QED) is 0.814. The van der Waals surface area contributed by atoms with Crippen LogP contribution >= 0.6 is 0 Å². The molecule has 2 N–H and O–H groups in total. The third kappa shape index (κ3) is 4.05. The fraction of sp³-hybridized carbons (Fsp3) is 0.765. The highest BCUT2D eigenvalue weighted by molar-refractivity contribution is 5.75. The molecule has 1 aromatic rings. The van der Waals surface area contributed by atoms with E-state index < -0.39 is 5.60 Å². The van der Waals surface area contributed by atoms with Crippen molar-refractivity contribution < 1.29 is 9.90 Å². The van der Waals surface area contributed by atoms with Crippen LogP contribution in [0.4, 0.5) is 4.79 Å². The van der Waals surface area contributed by atoms with Gasteiger partial charge in [0.25, 0.3) is 0 Å². The van der Waals surface area contributed by atoms with Gasteiger partial charge in [-0.3, -0.25) is 4.68 Å². The molecule has 1 aromatic heterocycles. The van der Waals surface area contributed by atoms with Crippen molar-refractivity contribution in [2.24, 2.45) is 7.05 Å². The molecule has 1 atom stereocenters. The highest BCUT2D eigenvalue weighted by Gasteiger charge is 2.38. The lowest BCUT2D eigenvalue weighted by Gasteiger charge is -2.33. The van der Waals surface area contributed by atoms with Crippen LogP contribution in [0.5, 0.6) is 0 Å². The maximum absolute atomic E-state index is 12.3. The highest BCUT2D eigenvalue weighted by Crippen LogP contribution is 2.26. The van der Waals surface area contributed by atoms with E-state index in [9.17, 15) is 9.90 Å². The first-order valence-electron chi connectivity index (χ1n) is 8.47. The van der Waals surface area contributed by atoms with Crippen molar-refractivity contribution in [3.8, 4) is 0 Å². The average molecular weight is 322 g/mol. The van der Waals surface area contributed by atoms with Gasteiger partial charge in [-0.25, -0.2) is 4.79 Å². The zero-order valence-electron chi connectivity index (χ0n) is 15.0. The second kappa shape index (κ2) is 6.91. The van der Waals surface area contributed by atoms with E-state index in [1.54, 1.807) is 18.7 Å². The summed E-state index contributed by atoms with van der Waals surface area (Å²) in [5.74, 6) is 0. The number of aromatic nitrogens is 2. The van der Waals surface area contributed by atoms with Crippen LogP contribution in [0.25, 0.3) is 0 Å². The molecule has 1 aliphatic heterocycles. The van der Waals surface area contributed by atoms with Crippen LogP contribution in [0, 0.1) is 13.8 Å². The van der Waals surface area contributed by atoms with E-state index in [2.05, 4.69) is 17.3 Å². The molecule has 0 bridgehead atoms. The maximum atomic E-state index is 12.3. The number of likely N-dealkylation sites (tertiary alicyclic amines) is 1. The molecule has 1 aliphatic rings. The SMILES string of the molecule is Cc1nn(C)c(C)c1CCCNC(=O)N1CCC[C@@H]1C(C)(C)O. The fourth-order valence-electron chi connectivity index (χ4n) is 3.49. The van der Waals surface area contributed by atoms with Crippen LogP contribution in [0.1, 0.15) is 50.1 Å². The van der Waals surface area contributed by atoms with E-state index in [4.69, 9.17) is 0 Å². The molecular weight excluding hydrogens is 292 g/mol. The molecule has 23 heavy (non-hydrogen) atoms. The van der Waals surface area contributed by atoms with Crippen LogP contribution in [-0.2, 0) is 13.5 Å². The Balaban J connectivity index is 1.81. The lowest BCUT2D eigenvalue weighted by atomic mass is 9.97. The minimum Gasteiger partial charge on any atom is -0.388 e. The molecule has 2 rings (SSSR count). The molecule has 1 saturated heterocycles. The van der Waals surface area contributed by atoms with E-state index in [1.807, 2.05) is 18.7 Å². The molecule has 2 amide bonds. The van der Waals surface area contributed by atoms with Gasteiger partial charge >= 0.3 is 6.03 Å². The molecule has 6 nitrogen and oxygen atoms in total. The average Bonchev–Trinajstić information content (AvgIpc) is 3.03. The monoisotopic (exact) mass is 322 g/mol. The summed E-state index contributed by atoms with van der Waals surface area (Å²) in [6, 6.07) is -0.153. The largest absolute Gasteiger partial charge is 0.388 e. The molecule has 0 radical (unpaired) electrons. The van der Waals surface area contributed by atoms with Crippen molar-refractivity contribution in [2.75, 3.05) is 13.1 Å². The minimum atomic E-state index is -0.849. The van der Waals surface area contributed by atoms with Crippen molar-refractivity contribution >= 4 is 6.03 Å². The van der Waals surface area contributed by atoms with E-state index in [0.29, 0.717) is 6.54 Å². The summed E-state index contributed by atoms with van der Waals surface area (Å²) >= 11 is 0. The van der Waals surface area contributed by atoms with Crippen molar-refractivity contribution in [3.05, 3.63) is 17.0 Å². The Labute approximate surface area is 138 Å². The highest BCUT2D eigenvalue weighted by atomic mass is 16.3. The Morgan fingerprint density at radius 1 is 1.43 bits per heavy atom. The fourth-order valence-corrected chi connectivity index (χ4v) is 3.49. The summed E-state index contributed by atoms with van der Waals surface area (Å²) in [5.41, 5.74) is 2.68. The number of hydrogen-bond acceptors (Lipinski definition) is 3. The van der Waals surface area contributed by atoms with Crippen LogP contribution in [0.2, 0.25) is 0 Å². The molecular formula is C17H30N4O2. The van der Waals surface area contributed by atoms with Crippen LogP contribution in [0.3, 0.4) is 0 Å². The van der Waals surface area contributed by atoms with Crippen molar-refractivity contribution in [1.29, 1.82) is 0 Å². The van der Waals surface area contributed by atoms with E-state index in [0.717, 1.165) is 37.9 Å². The van der Waals surface area contributed by atoms with Gasteiger partial charge in [0.1, 0.15) is 0 Å². The Bertz CT molecular complexity index is 560. The second-order valence-corrected chi connectivity index (χ2v) is 7.11. The molecule has 130 valence electrons. The number of urea groups is 1. The van der Waals surface area contributed by atoms with Crippen molar-refractivity contribution in [3.63, 3.8) is 0 Å². The predicted molar refractivity (Wildman–Crippen MR) is 90.4 cm³/mol. The topological polar surface area (TPSA) is 70.4 Å². The van der Waals surface area contributed by atoms with E-state index in [-0.39, 0.29) is 12.1 Å². The number of hydrogen-bond donors (Lipinski definition) is 2. The van der Waals surface area contributed by atoms with Crippen LogP contribution < -0.4 is 5.32 Å². The lowest BCUT2D eigenvalue weighted by Crippen LogP contribution is -2.51. The van der Waals surface area contributed by atoms with Crippen LogP contribution in [-0.4, -0.2) is 50.6 Å². The first-order valence-corrected chi connectivity index (χ1v) is 8.47. The number of carbonyl (C=O) groups excluding carboxylic acids is 1. The van der Waals surface area contributed by atoms with Gasteiger partial charge in [-0.1, -0.05) is 0 Å². The third-order valence-electron chi connectivity index (χ3n) is 4.87. The van der Waals surface area contributed by atoms with E-state index >= 15 is 0 Å². The smallest absolute Gasteiger partial charge is 0.317 e. The number of aryl methyl sites for hydroxylation is 2. The molecule has 0 aliphatic carbocycles. The molecule has 6 heteroatoms.